The Labute approximate surface area is 217 Å². The average molecular weight is 574 g/mol. The lowest BCUT2D eigenvalue weighted by Gasteiger charge is -2.20. The van der Waals surface area contributed by atoms with Crippen molar-refractivity contribution >= 4 is 23.9 Å². The Morgan fingerprint density at radius 2 is 0.825 bits per heavy atom. The second-order valence-electron chi connectivity index (χ2n) is 7.59. The van der Waals surface area contributed by atoms with Gasteiger partial charge in [-0.25, -0.2) is 19.2 Å². The summed E-state index contributed by atoms with van der Waals surface area (Å²) < 4.78 is 93.5. The van der Waals surface area contributed by atoms with Crippen LogP contribution in [0.5, 0.6) is 23.0 Å². The fraction of sp³-hybridized carbons (Fsp3) is 0.0833. The smallest absolute Gasteiger partial charge is 0.420 e. The highest BCUT2D eigenvalue weighted by molar-refractivity contribution is 6.04. The number of carbonyl (C=O) groups is 4. The number of carboxylic acids is 4. The molecule has 0 aromatic heterocycles. The molecule has 0 saturated heterocycles. The number of para-hydroxylation sites is 2. The van der Waals surface area contributed by atoms with Crippen LogP contribution in [0.2, 0.25) is 0 Å². The molecule has 3 aromatic rings. The van der Waals surface area contributed by atoms with Crippen LogP contribution in [0.25, 0.3) is 0 Å². The van der Waals surface area contributed by atoms with Gasteiger partial charge in [-0.3, -0.25) is 0 Å². The molecule has 0 amide bonds. The molecule has 210 valence electrons. The third kappa shape index (κ3) is 5.74. The van der Waals surface area contributed by atoms with Crippen LogP contribution in [-0.2, 0) is 12.4 Å². The number of rotatable bonds is 8. The molecule has 3 aromatic carbocycles. The van der Waals surface area contributed by atoms with Gasteiger partial charge in [0.15, 0.2) is 11.5 Å². The van der Waals surface area contributed by atoms with Crippen LogP contribution in [0.1, 0.15) is 52.6 Å². The zero-order chi connectivity index (χ0) is 30.2. The van der Waals surface area contributed by atoms with Crippen molar-refractivity contribution in [2.75, 3.05) is 0 Å². The molecule has 0 aliphatic rings. The fourth-order valence-electron chi connectivity index (χ4n) is 3.56. The maximum Gasteiger partial charge on any atom is 0.420 e. The third-order valence-corrected chi connectivity index (χ3v) is 5.08. The molecule has 0 saturated carbocycles. The Balaban J connectivity index is 2.22. The largest absolute Gasteiger partial charge is 0.478 e. The number of hydrogen-bond acceptors (Lipinski definition) is 6. The van der Waals surface area contributed by atoms with Crippen LogP contribution in [0.4, 0.5) is 26.3 Å². The molecule has 0 fully saturated rings. The molecule has 10 nitrogen and oxygen atoms in total. The van der Waals surface area contributed by atoms with Crippen LogP contribution < -0.4 is 9.47 Å². The first kappa shape index (κ1) is 29.3. The maximum absolute atomic E-state index is 13.9. The molecular weight excluding hydrogens is 562 g/mol. The molecule has 16 heteroatoms. The molecule has 0 unspecified atom stereocenters. The highest BCUT2D eigenvalue weighted by atomic mass is 19.4. The minimum absolute atomic E-state index is 0.473. The fourth-order valence-corrected chi connectivity index (χ4v) is 3.56. The molecule has 0 atom stereocenters. The van der Waals surface area contributed by atoms with E-state index in [4.69, 9.17) is 19.7 Å². The van der Waals surface area contributed by atoms with Crippen molar-refractivity contribution in [2.24, 2.45) is 0 Å². The van der Waals surface area contributed by atoms with Crippen molar-refractivity contribution < 1.29 is 75.4 Å². The van der Waals surface area contributed by atoms with Crippen LogP contribution >= 0.6 is 0 Å². The Hall–Kier alpha value is -5.28. The summed E-state index contributed by atoms with van der Waals surface area (Å²) in [4.78, 5) is 45.8. The van der Waals surface area contributed by atoms with E-state index < -0.39 is 92.6 Å². The number of aromatic carboxylic acids is 4. The Kier molecular flexibility index (Phi) is 7.66. The number of benzene rings is 3. The highest BCUT2D eigenvalue weighted by Crippen LogP contribution is 2.46. The standard InChI is InChI=1S/C24H12F6O10/c25-23(26,27)17-13(7-5-9(19(31)32)15(17)21(35)36)39-11-3-1-2-4-12(11)40-14-8-6-10(20(33)34)16(22(37)38)18(14)24(28,29)30/h1-8H,(H,31,32)(H,33,34)(H,35,36)(H,37,38). The van der Waals surface area contributed by atoms with E-state index in [1.165, 1.54) is 0 Å². The van der Waals surface area contributed by atoms with Gasteiger partial charge in [0.05, 0.1) is 22.3 Å². The average Bonchev–Trinajstić information content (AvgIpc) is 2.82. The molecule has 0 radical (unpaired) electrons. The number of halogens is 6. The van der Waals surface area contributed by atoms with Gasteiger partial charge in [0.1, 0.15) is 22.6 Å². The van der Waals surface area contributed by atoms with Gasteiger partial charge >= 0.3 is 36.2 Å². The number of hydrogen-bond donors (Lipinski definition) is 4. The zero-order valence-electron chi connectivity index (χ0n) is 19.1. The summed E-state index contributed by atoms with van der Waals surface area (Å²) in [6.07, 6.45) is -11.0. The van der Waals surface area contributed by atoms with Crippen molar-refractivity contribution in [3.05, 3.63) is 81.9 Å². The van der Waals surface area contributed by atoms with E-state index in [0.717, 1.165) is 24.3 Å². The van der Waals surface area contributed by atoms with Crippen LogP contribution in [0, 0.1) is 0 Å². The SMILES string of the molecule is O=C(O)c1ccc(Oc2ccccc2Oc2ccc(C(=O)O)c(C(=O)O)c2C(F)(F)F)c(C(F)(F)F)c1C(=O)O. The third-order valence-electron chi connectivity index (χ3n) is 5.08. The topological polar surface area (TPSA) is 168 Å². The first-order valence-electron chi connectivity index (χ1n) is 10.3. The van der Waals surface area contributed by atoms with Gasteiger partial charge < -0.3 is 29.9 Å². The van der Waals surface area contributed by atoms with Gasteiger partial charge in [-0.05, 0) is 36.4 Å². The normalized spacial score (nSPS) is 11.6. The van der Waals surface area contributed by atoms with E-state index in [1.54, 1.807) is 0 Å². The summed E-state index contributed by atoms with van der Waals surface area (Å²) in [5.74, 6) is -12.5. The first-order valence-corrected chi connectivity index (χ1v) is 10.3. The zero-order valence-corrected chi connectivity index (χ0v) is 19.1. The predicted octanol–water partition coefficient (Wildman–Crippen LogP) is 6.10. The maximum atomic E-state index is 13.9. The summed E-state index contributed by atoms with van der Waals surface area (Å²) in [6, 6.07) is 6.04. The van der Waals surface area contributed by atoms with Crippen LogP contribution in [0.3, 0.4) is 0 Å². The minimum Gasteiger partial charge on any atom is -0.478 e. The summed E-state index contributed by atoms with van der Waals surface area (Å²) in [7, 11) is 0. The molecule has 0 spiro atoms. The summed E-state index contributed by atoms with van der Waals surface area (Å²) in [6.45, 7) is 0. The second-order valence-corrected chi connectivity index (χ2v) is 7.59. The summed E-state index contributed by atoms with van der Waals surface area (Å²) >= 11 is 0. The number of ether oxygens (including phenoxy) is 2. The first-order chi connectivity index (χ1) is 18.4. The molecule has 40 heavy (non-hydrogen) atoms. The lowest BCUT2D eigenvalue weighted by atomic mass is 9.99. The van der Waals surface area contributed by atoms with E-state index in [1.807, 2.05) is 0 Å². The van der Waals surface area contributed by atoms with Gasteiger partial charge in [0.25, 0.3) is 0 Å². The van der Waals surface area contributed by atoms with Crippen molar-refractivity contribution in [3.63, 3.8) is 0 Å². The quantitative estimate of drug-likeness (QED) is 0.231. The van der Waals surface area contributed by atoms with E-state index in [9.17, 15) is 55.7 Å². The van der Waals surface area contributed by atoms with E-state index in [2.05, 4.69) is 0 Å². The Morgan fingerprint density at radius 1 is 0.500 bits per heavy atom. The van der Waals surface area contributed by atoms with Gasteiger partial charge in [0, 0.05) is 0 Å². The number of alkyl halides is 6. The van der Waals surface area contributed by atoms with E-state index in [-0.39, 0.29) is 0 Å². The molecular formula is C24H12F6O10. The van der Waals surface area contributed by atoms with Crippen LogP contribution in [0.15, 0.2) is 48.5 Å². The van der Waals surface area contributed by atoms with Crippen molar-refractivity contribution in [2.45, 2.75) is 12.4 Å². The summed E-state index contributed by atoms with van der Waals surface area (Å²) in [5, 5.41) is 36.9. The monoisotopic (exact) mass is 574 g/mol. The Bertz CT molecular complexity index is 1430. The molecule has 4 N–H and O–H groups in total. The number of carboxylic acid groups (broad SMARTS) is 4. The molecule has 3 rings (SSSR count). The van der Waals surface area contributed by atoms with Gasteiger partial charge in [-0.2, -0.15) is 26.3 Å². The van der Waals surface area contributed by atoms with Gasteiger partial charge in [-0.15, -0.1) is 0 Å². The molecule has 0 aliphatic carbocycles. The highest BCUT2D eigenvalue weighted by Gasteiger charge is 2.43. The Morgan fingerprint density at radius 3 is 1.07 bits per heavy atom. The molecule has 0 aliphatic heterocycles. The molecule has 0 heterocycles. The second kappa shape index (κ2) is 10.5. The van der Waals surface area contributed by atoms with Crippen molar-refractivity contribution in [1.29, 1.82) is 0 Å². The minimum atomic E-state index is -5.49. The van der Waals surface area contributed by atoms with Crippen molar-refractivity contribution in [3.8, 4) is 23.0 Å². The predicted molar refractivity (Wildman–Crippen MR) is 117 cm³/mol. The van der Waals surface area contributed by atoms with E-state index >= 15 is 0 Å². The van der Waals surface area contributed by atoms with Crippen LogP contribution in [-0.4, -0.2) is 44.3 Å². The lowest BCUT2D eigenvalue weighted by Crippen LogP contribution is -2.19. The van der Waals surface area contributed by atoms with E-state index in [0.29, 0.717) is 24.3 Å². The summed E-state index contributed by atoms with van der Waals surface area (Å²) in [5.41, 5.74) is -9.86. The van der Waals surface area contributed by atoms with Gasteiger partial charge in [0.2, 0.25) is 0 Å². The van der Waals surface area contributed by atoms with Crippen molar-refractivity contribution in [1.82, 2.24) is 0 Å². The molecule has 0 bridgehead atoms. The van der Waals surface area contributed by atoms with Gasteiger partial charge in [-0.1, -0.05) is 12.1 Å². The lowest BCUT2D eigenvalue weighted by molar-refractivity contribution is -0.140.